The second-order valence-corrected chi connectivity index (χ2v) is 3.42. The quantitative estimate of drug-likeness (QED) is 0.458. The van der Waals surface area contributed by atoms with Crippen LogP contribution in [0.5, 0.6) is 0 Å². The maximum Gasteiger partial charge on any atom is 0.0483 e. The van der Waals surface area contributed by atoms with Gasteiger partial charge in [-0.05, 0) is 6.42 Å². The molecule has 0 heterocycles. The molecule has 0 aromatic rings. The van der Waals surface area contributed by atoms with Crippen molar-refractivity contribution in [2.75, 3.05) is 0 Å². The van der Waals surface area contributed by atoms with Crippen LogP contribution in [-0.2, 0) is 9.59 Å². The molecule has 0 spiro atoms. The monoisotopic (exact) mass is 156 g/mol. The van der Waals surface area contributed by atoms with Gasteiger partial charge in [-0.3, -0.25) is 0 Å². The summed E-state index contributed by atoms with van der Waals surface area (Å²) in [5, 5.41) is 20.8. The number of carboxylic acids is 2. The smallest absolute Gasteiger partial charge is 0.0483 e. The van der Waals surface area contributed by atoms with Crippen LogP contribution in [0.25, 0.3) is 0 Å². The van der Waals surface area contributed by atoms with Crippen LogP contribution in [0.1, 0.15) is 20.3 Å². The Hall–Kier alpha value is -1.06. The summed E-state index contributed by atoms with van der Waals surface area (Å²) in [4.78, 5) is 20.8. The van der Waals surface area contributed by atoms with Crippen molar-refractivity contribution in [2.24, 2.45) is 10.8 Å². The normalized spacial score (nSPS) is 41.6. The number of carbonyl (C=O) groups is 2. The first kappa shape index (κ1) is 8.04. The molecule has 2 atom stereocenters. The number of rotatable bonds is 2. The van der Waals surface area contributed by atoms with Crippen molar-refractivity contribution in [3.05, 3.63) is 0 Å². The lowest BCUT2D eigenvalue weighted by Gasteiger charge is -2.20. The van der Waals surface area contributed by atoms with Gasteiger partial charge in [0.15, 0.2) is 0 Å². The van der Waals surface area contributed by atoms with E-state index in [4.69, 9.17) is 0 Å². The lowest BCUT2D eigenvalue weighted by Crippen LogP contribution is -2.41. The SMILES string of the molecule is CC1(C(=O)[O-])CC1(C)C(=O)[O-]. The fraction of sp³-hybridized carbons (Fsp3) is 0.714. The van der Waals surface area contributed by atoms with Gasteiger partial charge in [-0.25, -0.2) is 0 Å². The minimum absolute atomic E-state index is 0.102. The number of hydrogen-bond donors (Lipinski definition) is 0. The molecule has 1 aliphatic rings. The molecule has 1 rings (SSSR count). The van der Waals surface area contributed by atoms with Gasteiger partial charge in [0.1, 0.15) is 0 Å². The lowest BCUT2D eigenvalue weighted by atomic mass is 9.97. The van der Waals surface area contributed by atoms with Crippen molar-refractivity contribution in [2.45, 2.75) is 20.3 Å². The van der Waals surface area contributed by atoms with Crippen LogP contribution in [0.4, 0.5) is 0 Å². The summed E-state index contributed by atoms with van der Waals surface area (Å²) in [7, 11) is 0. The molecule has 1 aliphatic carbocycles. The molecule has 0 aromatic carbocycles. The summed E-state index contributed by atoms with van der Waals surface area (Å²) in [5.41, 5.74) is -2.46. The molecular weight excluding hydrogens is 148 g/mol. The zero-order valence-electron chi connectivity index (χ0n) is 6.34. The van der Waals surface area contributed by atoms with Crippen LogP contribution in [0.2, 0.25) is 0 Å². The number of aliphatic carboxylic acids is 2. The Labute approximate surface area is 63.8 Å². The van der Waals surface area contributed by atoms with E-state index < -0.39 is 22.8 Å². The van der Waals surface area contributed by atoms with Crippen molar-refractivity contribution in [3.8, 4) is 0 Å². The summed E-state index contributed by atoms with van der Waals surface area (Å²) in [5.74, 6) is -2.63. The Bertz CT molecular complexity index is 211. The molecular formula is C7H8O4-2. The van der Waals surface area contributed by atoms with Gasteiger partial charge in [0.05, 0.1) is 0 Å². The minimum Gasteiger partial charge on any atom is -0.550 e. The van der Waals surface area contributed by atoms with Gasteiger partial charge in [0, 0.05) is 22.8 Å². The highest BCUT2D eigenvalue weighted by Crippen LogP contribution is 2.62. The Balaban J connectivity index is 2.87. The number of carbonyl (C=O) groups excluding carboxylic acids is 2. The van der Waals surface area contributed by atoms with E-state index in [2.05, 4.69) is 0 Å². The molecule has 0 aliphatic heterocycles. The summed E-state index contributed by atoms with van der Waals surface area (Å²) in [6, 6.07) is 0. The van der Waals surface area contributed by atoms with Crippen molar-refractivity contribution < 1.29 is 19.8 Å². The van der Waals surface area contributed by atoms with E-state index in [9.17, 15) is 19.8 Å². The number of carboxylic acid groups (broad SMARTS) is 2. The molecule has 4 heteroatoms. The maximum absolute atomic E-state index is 10.4. The lowest BCUT2D eigenvalue weighted by molar-refractivity contribution is -0.325. The summed E-state index contributed by atoms with van der Waals surface area (Å²) < 4.78 is 0. The second kappa shape index (κ2) is 1.75. The minimum atomic E-state index is -1.32. The van der Waals surface area contributed by atoms with Crippen LogP contribution < -0.4 is 10.2 Å². The van der Waals surface area contributed by atoms with Gasteiger partial charge in [-0.1, -0.05) is 13.8 Å². The molecule has 0 saturated heterocycles. The Morgan fingerprint density at radius 1 is 1.09 bits per heavy atom. The Morgan fingerprint density at radius 3 is 1.45 bits per heavy atom. The Kier molecular flexibility index (Phi) is 1.28. The van der Waals surface area contributed by atoms with Gasteiger partial charge in [-0.15, -0.1) is 0 Å². The molecule has 0 bridgehead atoms. The zero-order chi connectivity index (χ0) is 8.86. The molecule has 62 valence electrons. The first-order valence-electron chi connectivity index (χ1n) is 3.27. The van der Waals surface area contributed by atoms with Crippen molar-refractivity contribution in [3.63, 3.8) is 0 Å². The summed E-state index contributed by atoms with van der Waals surface area (Å²) in [6.45, 7) is 2.72. The second-order valence-electron chi connectivity index (χ2n) is 3.42. The molecule has 11 heavy (non-hydrogen) atoms. The van der Waals surface area contributed by atoms with Gasteiger partial charge >= 0.3 is 0 Å². The van der Waals surface area contributed by atoms with Gasteiger partial charge in [0.25, 0.3) is 0 Å². The fourth-order valence-corrected chi connectivity index (χ4v) is 1.26. The largest absolute Gasteiger partial charge is 0.550 e. The van der Waals surface area contributed by atoms with Crippen molar-refractivity contribution >= 4 is 11.9 Å². The van der Waals surface area contributed by atoms with E-state index in [-0.39, 0.29) is 6.42 Å². The maximum atomic E-state index is 10.4. The summed E-state index contributed by atoms with van der Waals surface area (Å²) >= 11 is 0. The van der Waals surface area contributed by atoms with E-state index in [1.165, 1.54) is 13.8 Å². The standard InChI is InChI=1S/C7H10O4/c1-6(4(8)9)3-7(6,2)5(10)11/h3H2,1-2H3,(H,8,9)(H,10,11)/p-2. The first-order valence-corrected chi connectivity index (χ1v) is 3.27. The summed E-state index contributed by atoms with van der Waals surface area (Å²) in [6.07, 6.45) is 0.102. The third-order valence-electron chi connectivity index (χ3n) is 2.70. The first-order chi connectivity index (χ1) is 4.84. The van der Waals surface area contributed by atoms with Gasteiger partial charge in [0.2, 0.25) is 0 Å². The van der Waals surface area contributed by atoms with E-state index >= 15 is 0 Å². The average molecular weight is 156 g/mol. The Morgan fingerprint density at radius 2 is 1.36 bits per heavy atom. The topological polar surface area (TPSA) is 80.3 Å². The fourth-order valence-electron chi connectivity index (χ4n) is 1.26. The van der Waals surface area contributed by atoms with Crippen LogP contribution in [-0.4, -0.2) is 11.9 Å². The van der Waals surface area contributed by atoms with E-state index in [1.807, 2.05) is 0 Å². The van der Waals surface area contributed by atoms with E-state index in [1.54, 1.807) is 0 Å². The van der Waals surface area contributed by atoms with E-state index in [0.29, 0.717) is 0 Å². The molecule has 2 unspecified atom stereocenters. The molecule has 0 radical (unpaired) electrons. The third-order valence-corrected chi connectivity index (χ3v) is 2.70. The van der Waals surface area contributed by atoms with Crippen LogP contribution >= 0.6 is 0 Å². The molecule has 1 fully saturated rings. The van der Waals surface area contributed by atoms with Gasteiger partial charge in [-0.2, -0.15) is 0 Å². The average Bonchev–Trinajstić information content (AvgIpc) is 2.39. The van der Waals surface area contributed by atoms with Crippen molar-refractivity contribution in [1.29, 1.82) is 0 Å². The van der Waals surface area contributed by atoms with Gasteiger partial charge < -0.3 is 19.8 Å². The van der Waals surface area contributed by atoms with Crippen molar-refractivity contribution in [1.82, 2.24) is 0 Å². The predicted molar refractivity (Wildman–Crippen MR) is 30.8 cm³/mol. The van der Waals surface area contributed by atoms with E-state index in [0.717, 1.165) is 0 Å². The van der Waals surface area contributed by atoms with Crippen LogP contribution in [0, 0.1) is 10.8 Å². The third kappa shape index (κ3) is 0.751. The highest BCUT2D eigenvalue weighted by molar-refractivity contribution is 5.90. The molecule has 0 N–H and O–H groups in total. The zero-order valence-corrected chi connectivity index (χ0v) is 6.34. The molecule has 0 aromatic heterocycles. The predicted octanol–water partition coefficient (Wildman–Crippen LogP) is -2.10. The molecule has 0 amide bonds. The number of hydrogen-bond acceptors (Lipinski definition) is 4. The molecule has 4 nitrogen and oxygen atoms in total. The van der Waals surface area contributed by atoms with Crippen LogP contribution in [0.15, 0.2) is 0 Å². The molecule has 1 saturated carbocycles. The highest BCUT2D eigenvalue weighted by atomic mass is 16.4. The highest BCUT2D eigenvalue weighted by Gasteiger charge is 2.63. The van der Waals surface area contributed by atoms with Crippen LogP contribution in [0.3, 0.4) is 0 Å².